The van der Waals surface area contributed by atoms with Crippen molar-refractivity contribution >= 4 is 56.4 Å². The Morgan fingerprint density at radius 3 is 2.53 bits per heavy atom. The van der Waals surface area contributed by atoms with Crippen molar-refractivity contribution in [2.24, 2.45) is 4.99 Å². The number of carbonyl (C=O) groups excluding carboxylic acids is 1. The number of amides is 1. The fourth-order valence-corrected chi connectivity index (χ4v) is 4.52. The van der Waals surface area contributed by atoms with Gasteiger partial charge in [-0.15, -0.1) is 11.8 Å². The smallest absolute Gasteiger partial charge is 0.266 e. The van der Waals surface area contributed by atoms with Crippen molar-refractivity contribution in [1.82, 2.24) is 9.97 Å². The molecule has 0 aliphatic carbocycles. The van der Waals surface area contributed by atoms with Gasteiger partial charge < -0.3 is 0 Å². The van der Waals surface area contributed by atoms with Crippen molar-refractivity contribution in [3.63, 3.8) is 0 Å². The van der Waals surface area contributed by atoms with Gasteiger partial charge in [0.05, 0.1) is 4.70 Å². The van der Waals surface area contributed by atoms with Crippen LogP contribution in [0, 0.1) is 0 Å². The normalized spacial score (nSPS) is 15.2. The monoisotopic (exact) mass is 428 g/mol. The average Bonchev–Trinajstić information content (AvgIpc) is 3.36. The highest BCUT2D eigenvalue weighted by atomic mass is 32.2. The Kier molecular flexibility index (Phi) is 4.90. The minimum absolute atomic E-state index is 0.193. The molecule has 5 nitrogen and oxygen atoms in total. The van der Waals surface area contributed by atoms with Crippen LogP contribution in [0.3, 0.4) is 0 Å². The molecule has 0 spiro atoms. The second-order valence-corrected chi connectivity index (χ2v) is 8.46. The molecule has 30 heavy (non-hydrogen) atoms. The lowest BCUT2D eigenvalue weighted by molar-refractivity contribution is -0.113. The SMILES string of the molecule is CSc1ccc(C=C2N=C(c3ccccc3)N(c3nc4ncccc4s3)C2=O)cc1. The van der Waals surface area contributed by atoms with Crippen LogP contribution in [0.25, 0.3) is 16.4 Å². The molecular formula is C23H16N4OS2. The Labute approximate surface area is 181 Å². The molecule has 146 valence electrons. The van der Waals surface area contributed by atoms with E-state index in [-0.39, 0.29) is 5.91 Å². The number of pyridine rings is 1. The summed E-state index contributed by atoms with van der Waals surface area (Å²) in [7, 11) is 0. The van der Waals surface area contributed by atoms with Crippen LogP contribution in [0.15, 0.2) is 88.5 Å². The van der Waals surface area contributed by atoms with Gasteiger partial charge in [0.15, 0.2) is 5.65 Å². The zero-order chi connectivity index (χ0) is 20.5. The molecule has 0 bridgehead atoms. The third kappa shape index (κ3) is 3.42. The molecule has 0 saturated carbocycles. The number of fused-ring (bicyclic) bond motifs is 1. The molecule has 1 amide bonds. The standard InChI is InChI=1S/C23H16N4OS2/c1-29-17-11-9-15(10-12-17)14-18-22(28)27(21(25-18)16-6-3-2-4-7-16)23-26-20-19(30-23)8-5-13-24-20/h2-14H,1H3. The largest absolute Gasteiger partial charge is 0.284 e. The molecule has 2 aromatic carbocycles. The minimum atomic E-state index is -0.193. The minimum Gasteiger partial charge on any atom is -0.266 e. The molecule has 7 heteroatoms. The lowest BCUT2D eigenvalue weighted by atomic mass is 10.2. The molecule has 3 heterocycles. The van der Waals surface area contributed by atoms with Crippen molar-refractivity contribution in [2.75, 3.05) is 11.2 Å². The highest BCUT2D eigenvalue weighted by Gasteiger charge is 2.34. The lowest BCUT2D eigenvalue weighted by Crippen LogP contribution is -2.32. The van der Waals surface area contributed by atoms with Gasteiger partial charge in [-0.25, -0.2) is 14.9 Å². The van der Waals surface area contributed by atoms with E-state index in [0.29, 0.717) is 22.3 Å². The lowest BCUT2D eigenvalue weighted by Gasteiger charge is -2.14. The molecule has 1 aliphatic heterocycles. The first-order valence-electron chi connectivity index (χ1n) is 9.29. The van der Waals surface area contributed by atoms with Gasteiger partial charge in [-0.3, -0.25) is 4.79 Å². The van der Waals surface area contributed by atoms with Crippen molar-refractivity contribution < 1.29 is 4.79 Å². The Balaban J connectivity index is 1.61. The van der Waals surface area contributed by atoms with Gasteiger partial charge in [0.25, 0.3) is 5.91 Å². The van der Waals surface area contributed by atoms with Gasteiger partial charge in [-0.1, -0.05) is 53.8 Å². The maximum atomic E-state index is 13.4. The van der Waals surface area contributed by atoms with Crippen LogP contribution < -0.4 is 4.90 Å². The summed E-state index contributed by atoms with van der Waals surface area (Å²) >= 11 is 3.11. The van der Waals surface area contributed by atoms with E-state index in [1.54, 1.807) is 22.9 Å². The van der Waals surface area contributed by atoms with Gasteiger partial charge >= 0.3 is 0 Å². The maximum Gasteiger partial charge on any atom is 0.284 e. The first kappa shape index (κ1) is 18.7. The van der Waals surface area contributed by atoms with Crippen molar-refractivity contribution in [3.05, 3.63) is 89.8 Å². The van der Waals surface area contributed by atoms with Gasteiger partial charge in [-0.05, 0) is 42.2 Å². The van der Waals surface area contributed by atoms with Gasteiger partial charge in [0.2, 0.25) is 5.13 Å². The number of thioether (sulfide) groups is 1. The molecule has 0 N–H and O–H groups in total. The number of anilines is 1. The predicted octanol–water partition coefficient (Wildman–Crippen LogP) is 5.25. The summed E-state index contributed by atoms with van der Waals surface area (Å²) in [6, 6.07) is 21.6. The molecule has 0 fully saturated rings. The Morgan fingerprint density at radius 1 is 1.00 bits per heavy atom. The summed E-state index contributed by atoms with van der Waals surface area (Å²) in [5.41, 5.74) is 2.81. The first-order chi connectivity index (χ1) is 14.7. The number of carbonyl (C=O) groups is 1. The first-order valence-corrected chi connectivity index (χ1v) is 11.3. The number of thiazole rings is 1. The fraction of sp³-hybridized carbons (Fsp3) is 0.0435. The molecule has 1 aliphatic rings. The zero-order valence-corrected chi connectivity index (χ0v) is 17.7. The van der Waals surface area contributed by atoms with E-state index in [9.17, 15) is 4.79 Å². The molecular weight excluding hydrogens is 412 g/mol. The number of aliphatic imine (C=N–C) groups is 1. The second kappa shape index (κ2) is 7.85. The maximum absolute atomic E-state index is 13.4. The number of rotatable bonds is 4. The van der Waals surface area contributed by atoms with Crippen LogP contribution in [-0.2, 0) is 4.79 Å². The van der Waals surface area contributed by atoms with Crippen LogP contribution in [0.5, 0.6) is 0 Å². The average molecular weight is 429 g/mol. The number of amidine groups is 1. The number of nitrogens with zero attached hydrogens (tertiary/aromatic N) is 4. The molecule has 0 radical (unpaired) electrons. The molecule has 4 aromatic rings. The predicted molar refractivity (Wildman–Crippen MR) is 124 cm³/mol. The third-order valence-corrected chi connectivity index (χ3v) is 6.40. The van der Waals surface area contributed by atoms with Gasteiger partial charge in [0, 0.05) is 16.7 Å². The van der Waals surface area contributed by atoms with E-state index >= 15 is 0 Å². The molecule has 0 unspecified atom stereocenters. The summed E-state index contributed by atoms with van der Waals surface area (Å²) in [6.45, 7) is 0. The van der Waals surface area contributed by atoms with E-state index in [4.69, 9.17) is 4.99 Å². The summed E-state index contributed by atoms with van der Waals surface area (Å²) < 4.78 is 0.929. The van der Waals surface area contributed by atoms with Gasteiger partial charge in [-0.2, -0.15) is 4.98 Å². The Morgan fingerprint density at radius 2 is 1.80 bits per heavy atom. The molecule has 5 rings (SSSR count). The topological polar surface area (TPSA) is 58.5 Å². The van der Waals surface area contributed by atoms with Crippen LogP contribution in [0.1, 0.15) is 11.1 Å². The van der Waals surface area contributed by atoms with Crippen LogP contribution in [0.4, 0.5) is 5.13 Å². The van der Waals surface area contributed by atoms with Crippen molar-refractivity contribution in [3.8, 4) is 0 Å². The Bertz CT molecular complexity index is 1260. The molecule has 0 saturated heterocycles. The summed E-state index contributed by atoms with van der Waals surface area (Å²) in [6.07, 6.45) is 5.56. The van der Waals surface area contributed by atoms with Gasteiger partial charge in [0.1, 0.15) is 11.5 Å². The van der Waals surface area contributed by atoms with E-state index < -0.39 is 0 Å². The highest BCUT2D eigenvalue weighted by molar-refractivity contribution is 7.98. The van der Waals surface area contributed by atoms with Crippen molar-refractivity contribution in [2.45, 2.75) is 4.90 Å². The van der Waals surface area contributed by atoms with Crippen molar-refractivity contribution in [1.29, 1.82) is 0 Å². The zero-order valence-electron chi connectivity index (χ0n) is 16.0. The number of hydrogen-bond donors (Lipinski definition) is 0. The van der Waals surface area contributed by atoms with Crippen LogP contribution in [-0.4, -0.2) is 28.0 Å². The highest BCUT2D eigenvalue weighted by Crippen LogP contribution is 2.33. The van der Waals surface area contributed by atoms with E-state index in [1.807, 2.05) is 79.1 Å². The van der Waals surface area contributed by atoms with Crippen LogP contribution >= 0.6 is 23.1 Å². The molecule has 2 aromatic heterocycles. The quantitative estimate of drug-likeness (QED) is 0.329. The third-order valence-electron chi connectivity index (χ3n) is 4.66. The summed E-state index contributed by atoms with van der Waals surface area (Å²) in [5.74, 6) is 0.383. The fourth-order valence-electron chi connectivity index (χ4n) is 3.19. The molecule has 0 atom stereocenters. The second-order valence-electron chi connectivity index (χ2n) is 6.57. The Hall–Kier alpha value is -3.29. The van der Waals surface area contributed by atoms with E-state index in [2.05, 4.69) is 9.97 Å². The summed E-state index contributed by atoms with van der Waals surface area (Å²) in [5, 5.41) is 0.567. The number of aromatic nitrogens is 2. The van der Waals surface area contributed by atoms with E-state index in [1.165, 1.54) is 16.2 Å². The van der Waals surface area contributed by atoms with E-state index in [0.717, 1.165) is 15.8 Å². The number of hydrogen-bond acceptors (Lipinski definition) is 6. The van der Waals surface area contributed by atoms with Crippen LogP contribution in [0.2, 0.25) is 0 Å². The summed E-state index contributed by atoms with van der Waals surface area (Å²) in [4.78, 5) is 29.7. The number of benzene rings is 2.